The van der Waals surface area contributed by atoms with E-state index in [0.717, 1.165) is 32.9 Å². The molecule has 2 aromatic carbocycles. The van der Waals surface area contributed by atoms with Gasteiger partial charge in [0.2, 0.25) is 5.91 Å². The first kappa shape index (κ1) is 18.5. The SMILES string of the molecule is CCc1ccccc1NC(=O)CCS(=O)(=O)c1ccc2nc(C)sc2c1. The van der Waals surface area contributed by atoms with Gasteiger partial charge in [-0.05, 0) is 43.2 Å². The minimum atomic E-state index is -3.53. The van der Waals surface area contributed by atoms with E-state index in [0.29, 0.717) is 0 Å². The number of rotatable bonds is 6. The molecule has 7 heteroatoms. The van der Waals surface area contributed by atoms with Crippen LogP contribution in [0.5, 0.6) is 0 Å². The second-order valence-electron chi connectivity index (χ2n) is 5.99. The lowest BCUT2D eigenvalue weighted by Gasteiger charge is -2.10. The molecule has 0 spiro atoms. The van der Waals surface area contributed by atoms with E-state index >= 15 is 0 Å². The molecule has 0 aliphatic rings. The molecule has 3 rings (SSSR count). The largest absolute Gasteiger partial charge is 0.326 e. The van der Waals surface area contributed by atoms with Gasteiger partial charge in [-0.1, -0.05) is 25.1 Å². The highest BCUT2D eigenvalue weighted by molar-refractivity contribution is 7.91. The average molecular weight is 389 g/mol. The van der Waals surface area contributed by atoms with Crippen LogP contribution in [-0.4, -0.2) is 25.1 Å². The van der Waals surface area contributed by atoms with Crippen molar-refractivity contribution in [3.05, 3.63) is 53.0 Å². The second kappa shape index (κ2) is 7.55. The smallest absolute Gasteiger partial charge is 0.225 e. The summed E-state index contributed by atoms with van der Waals surface area (Å²) in [5, 5.41) is 3.70. The Morgan fingerprint density at radius 1 is 1.19 bits per heavy atom. The minimum absolute atomic E-state index is 0.0832. The zero-order valence-corrected chi connectivity index (χ0v) is 16.3. The van der Waals surface area contributed by atoms with Crippen LogP contribution in [0.3, 0.4) is 0 Å². The van der Waals surface area contributed by atoms with E-state index in [1.807, 2.05) is 38.1 Å². The van der Waals surface area contributed by atoms with Crippen LogP contribution < -0.4 is 5.32 Å². The lowest BCUT2D eigenvalue weighted by atomic mass is 10.1. The Morgan fingerprint density at radius 2 is 1.96 bits per heavy atom. The van der Waals surface area contributed by atoms with Crippen LogP contribution in [-0.2, 0) is 21.1 Å². The molecule has 1 N–H and O–H groups in total. The molecule has 1 aromatic heterocycles. The summed E-state index contributed by atoms with van der Waals surface area (Å²) >= 11 is 1.46. The van der Waals surface area contributed by atoms with E-state index in [9.17, 15) is 13.2 Å². The van der Waals surface area contributed by atoms with E-state index in [2.05, 4.69) is 10.3 Å². The fourth-order valence-electron chi connectivity index (χ4n) is 2.72. The number of aryl methyl sites for hydroxylation is 2. The van der Waals surface area contributed by atoms with Gasteiger partial charge in [-0.25, -0.2) is 13.4 Å². The molecule has 0 saturated carbocycles. The third kappa shape index (κ3) is 4.11. The third-order valence-electron chi connectivity index (χ3n) is 4.10. The standard InChI is InChI=1S/C19H20N2O3S2/c1-3-14-6-4-5-7-16(14)21-19(22)10-11-26(23,24)15-8-9-17-18(12-15)25-13(2)20-17/h4-9,12H,3,10-11H2,1-2H3,(H,21,22). The Morgan fingerprint density at radius 3 is 2.73 bits per heavy atom. The molecule has 1 heterocycles. The van der Waals surface area contributed by atoms with Crippen molar-refractivity contribution in [1.29, 1.82) is 0 Å². The Balaban J connectivity index is 1.69. The number of carbonyl (C=O) groups excluding carboxylic acids is 1. The summed E-state index contributed by atoms with van der Waals surface area (Å²) in [4.78, 5) is 16.8. The number of para-hydroxylation sites is 1. The number of hydrogen-bond donors (Lipinski definition) is 1. The second-order valence-corrected chi connectivity index (χ2v) is 9.33. The van der Waals surface area contributed by atoms with Crippen LogP contribution in [0.1, 0.15) is 23.9 Å². The van der Waals surface area contributed by atoms with Crippen molar-refractivity contribution in [3.63, 3.8) is 0 Å². The Bertz CT molecular complexity index is 1060. The molecular weight excluding hydrogens is 368 g/mol. The van der Waals surface area contributed by atoms with E-state index in [-0.39, 0.29) is 23.0 Å². The predicted octanol–water partition coefficient (Wildman–Crippen LogP) is 3.97. The molecule has 26 heavy (non-hydrogen) atoms. The number of nitrogens with one attached hydrogen (secondary N) is 1. The summed E-state index contributed by atoms with van der Waals surface area (Å²) in [7, 11) is -3.53. The molecule has 0 bridgehead atoms. The van der Waals surface area contributed by atoms with Crippen molar-refractivity contribution in [2.24, 2.45) is 0 Å². The number of carbonyl (C=O) groups is 1. The van der Waals surface area contributed by atoms with Gasteiger partial charge in [0.15, 0.2) is 9.84 Å². The summed E-state index contributed by atoms with van der Waals surface area (Å²) in [5.74, 6) is -0.527. The Labute approximate surface area is 157 Å². The van der Waals surface area contributed by atoms with Crippen molar-refractivity contribution in [2.45, 2.75) is 31.6 Å². The monoisotopic (exact) mass is 388 g/mol. The van der Waals surface area contributed by atoms with Gasteiger partial charge in [0.1, 0.15) is 0 Å². The van der Waals surface area contributed by atoms with Crippen LogP contribution in [0, 0.1) is 6.92 Å². The first-order valence-corrected chi connectivity index (χ1v) is 10.8. The highest BCUT2D eigenvalue weighted by atomic mass is 32.2. The lowest BCUT2D eigenvalue weighted by Crippen LogP contribution is -2.18. The van der Waals surface area contributed by atoms with Gasteiger partial charge in [0.25, 0.3) is 0 Å². The van der Waals surface area contributed by atoms with Crippen LogP contribution in [0.4, 0.5) is 5.69 Å². The normalized spacial score (nSPS) is 11.6. The van der Waals surface area contributed by atoms with Crippen LogP contribution in [0.15, 0.2) is 47.4 Å². The maximum atomic E-state index is 12.6. The van der Waals surface area contributed by atoms with Gasteiger partial charge in [-0.2, -0.15) is 0 Å². The molecule has 3 aromatic rings. The molecule has 0 radical (unpaired) electrons. The number of benzene rings is 2. The van der Waals surface area contributed by atoms with Gasteiger partial charge >= 0.3 is 0 Å². The number of thiazole rings is 1. The summed E-state index contributed by atoms with van der Waals surface area (Å²) in [5.41, 5.74) is 2.55. The molecule has 0 atom stereocenters. The van der Waals surface area contributed by atoms with Gasteiger partial charge in [0, 0.05) is 12.1 Å². The average Bonchev–Trinajstić information content (AvgIpc) is 2.99. The number of hydrogen-bond acceptors (Lipinski definition) is 5. The predicted molar refractivity (Wildman–Crippen MR) is 105 cm³/mol. The van der Waals surface area contributed by atoms with Crippen molar-refractivity contribution in [1.82, 2.24) is 4.98 Å². The van der Waals surface area contributed by atoms with E-state index < -0.39 is 9.84 Å². The topological polar surface area (TPSA) is 76.1 Å². The van der Waals surface area contributed by atoms with Gasteiger partial charge in [-0.3, -0.25) is 4.79 Å². The number of aromatic nitrogens is 1. The molecule has 0 aliphatic carbocycles. The molecule has 5 nitrogen and oxygen atoms in total. The van der Waals surface area contributed by atoms with Crippen LogP contribution in [0.2, 0.25) is 0 Å². The summed E-state index contributed by atoms with van der Waals surface area (Å²) in [6.07, 6.45) is 0.711. The molecule has 0 unspecified atom stereocenters. The van der Waals surface area contributed by atoms with Gasteiger partial charge in [0.05, 0.1) is 25.9 Å². The molecule has 0 aliphatic heterocycles. The highest BCUT2D eigenvalue weighted by Gasteiger charge is 2.18. The van der Waals surface area contributed by atoms with Crippen molar-refractivity contribution in [2.75, 3.05) is 11.1 Å². The number of nitrogens with zero attached hydrogens (tertiary/aromatic N) is 1. The van der Waals surface area contributed by atoms with Gasteiger partial charge in [-0.15, -0.1) is 11.3 Å². The quantitative estimate of drug-likeness (QED) is 0.693. The van der Waals surface area contributed by atoms with Crippen LogP contribution >= 0.6 is 11.3 Å². The van der Waals surface area contributed by atoms with Crippen molar-refractivity contribution >= 4 is 43.0 Å². The maximum Gasteiger partial charge on any atom is 0.225 e. The van der Waals surface area contributed by atoms with E-state index in [1.165, 1.54) is 11.3 Å². The number of fused-ring (bicyclic) bond motifs is 1. The first-order valence-electron chi connectivity index (χ1n) is 8.37. The molecule has 0 fully saturated rings. The van der Waals surface area contributed by atoms with Crippen LogP contribution in [0.25, 0.3) is 10.2 Å². The molecule has 1 amide bonds. The van der Waals surface area contributed by atoms with Crippen molar-refractivity contribution in [3.8, 4) is 0 Å². The number of amides is 1. The zero-order chi connectivity index (χ0) is 18.7. The fourth-order valence-corrected chi connectivity index (χ4v) is 4.93. The van der Waals surface area contributed by atoms with E-state index in [1.54, 1.807) is 18.2 Å². The molecular formula is C19H20N2O3S2. The minimum Gasteiger partial charge on any atom is -0.326 e. The zero-order valence-electron chi connectivity index (χ0n) is 14.7. The summed E-state index contributed by atoms with van der Waals surface area (Å²) < 4.78 is 26.0. The number of sulfone groups is 1. The van der Waals surface area contributed by atoms with E-state index in [4.69, 9.17) is 0 Å². The first-order chi connectivity index (χ1) is 12.4. The summed E-state index contributed by atoms with van der Waals surface area (Å²) in [6, 6.07) is 12.4. The molecule has 0 saturated heterocycles. The van der Waals surface area contributed by atoms with Gasteiger partial charge < -0.3 is 5.32 Å². The fraction of sp³-hybridized carbons (Fsp3) is 0.263. The number of anilines is 1. The lowest BCUT2D eigenvalue weighted by molar-refractivity contribution is -0.115. The highest BCUT2D eigenvalue weighted by Crippen LogP contribution is 2.25. The maximum absolute atomic E-state index is 12.6. The van der Waals surface area contributed by atoms with Crippen molar-refractivity contribution < 1.29 is 13.2 Å². The Hall–Kier alpha value is -2.25. The summed E-state index contributed by atoms with van der Waals surface area (Å²) in [6.45, 7) is 3.89. The third-order valence-corrected chi connectivity index (χ3v) is 6.74. The Kier molecular flexibility index (Phi) is 5.38. The molecule has 136 valence electrons.